The minimum absolute atomic E-state index is 0.130. The van der Waals surface area contributed by atoms with Crippen molar-refractivity contribution in [3.8, 4) is 11.5 Å². The molecule has 4 aromatic rings. The molecule has 0 spiro atoms. The van der Waals surface area contributed by atoms with E-state index in [1.54, 1.807) is 19.1 Å². The molecular formula is C23H19NO5S. The molecule has 3 aromatic carbocycles. The second-order valence-corrected chi connectivity index (χ2v) is 9.34. The van der Waals surface area contributed by atoms with E-state index >= 15 is 0 Å². The smallest absolute Gasteiger partial charge is 0.267 e. The third-order valence-electron chi connectivity index (χ3n) is 5.27. The summed E-state index contributed by atoms with van der Waals surface area (Å²) in [7, 11) is -3.75. The Labute approximate surface area is 174 Å². The molecule has 0 fully saturated rings. The summed E-state index contributed by atoms with van der Waals surface area (Å²) in [5.74, 6) is 1.40. The first-order valence-electron chi connectivity index (χ1n) is 9.48. The third-order valence-corrected chi connectivity index (χ3v) is 7.02. The van der Waals surface area contributed by atoms with Gasteiger partial charge in [0.05, 0.1) is 9.79 Å². The Morgan fingerprint density at radius 2 is 1.53 bits per heavy atom. The van der Waals surface area contributed by atoms with Crippen LogP contribution < -0.4 is 9.47 Å². The van der Waals surface area contributed by atoms with Gasteiger partial charge in [0.15, 0.2) is 23.0 Å². The number of benzene rings is 3. The van der Waals surface area contributed by atoms with E-state index in [2.05, 4.69) is 4.98 Å². The van der Waals surface area contributed by atoms with Crippen molar-refractivity contribution < 1.29 is 22.3 Å². The van der Waals surface area contributed by atoms with Crippen molar-refractivity contribution in [1.29, 1.82) is 0 Å². The Kier molecular flexibility index (Phi) is 4.11. The highest BCUT2D eigenvalue weighted by Gasteiger charge is 2.29. The summed E-state index contributed by atoms with van der Waals surface area (Å²) in [6.45, 7) is 5.79. The highest BCUT2D eigenvalue weighted by molar-refractivity contribution is 7.91. The van der Waals surface area contributed by atoms with Crippen molar-refractivity contribution in [2.45, 2.75) is 36.9 Å². The zero-order valence-electron chi connectivity index (χ0n) is 16.7. The Morgan fingerprint density at radius 1 is 0.800 bits per heavy atom. The van der Waals surface area contributed by atoms with E-state index < -0.39 is 16.1 Å². The molecule has 0 aliphatic carbocycles. The molecule has 1 aromatic heterocycles. The van der Waals surface area contributed by atoms with E-state index in [1.165, 1.54) is 29.8 Å². The van der Waals surface area contributed by atoms with E-state index in [1.807, 2.05) is 32.0 Å². The number of oxazole rings is 1. The van der Waals surface area contributed by atoms with Gasteiger partial charge in [-0.05, 0) is 61.4 Å². The number of fused-ring (bicyclic) bond motifs is 2. The largest absolute Gasteiger partial charge is 0.447 e. The van der Waals surface area contributed by atoms with Crippen LogP contribution in [-0.4, -0.2) is 13.4 Å². The SMILES string of the molecule is Cc1nc2cc(S(=O)(=O)c3ccc4c(c3)OC(c3ccc(C)c(C)c3)O4)ccc2o1. The second kappa shape index (κ2) is 6.60. The maximum atomic E-state index is 13.2. The molecule has 0 bridgehead atoms. The van der Waals surface area contributed by atoms with Crippen molar-refractivity contribution in [2.75, 3.05) is 0 Å². The molecule has 2 heterocycles. The van der Waals surface area contributed by atoms with Gasteiger partial charge in [-0.25, -0.2) is 13.4 Å². The standard InChI is InChI=1S/C23H19NO5S/c1-13-4-5-16(10-14(13)2)23-28-21-9-7-18(12-22(21)29-23)30(25,26)17-6-8-20-19(11-17)24-15(3)27-20/h4-12,23H,1-3H3. The Bertz CT molecular complexity index is 1400. The van der Waals surface area contributed by atoms with Crippen LogP contribution in [0.5, 0.6) is 11.5 Å². The number of ether oxygens (including phenoxy) is 2. The summed E-state index contributed by atoms with van der Waals surface area (Å²) in [5.41, 5.74) is 4.25. The Morgan fingerprint density at radius 3 is 2.33 bits per heavy atom. The molecule has 7 heteroatoms. The van der Waals surface area contributed by atoms with Gasteiger partial charge >= 0.3 is 0 Å². The van der Waals surface area contributed by atoms with Crippen LogP contribution in [0.1, 0.15) is 28.9 Å². The van der Waals surface area contributed by atoms with Crippen molar-refractivity contribution in [3.05, 3.63) is 77.2 Å². The van der Waals surface area contributed by atoms with Gasteiger partial charge in [-0.2, -0.15) is 0 Å². The molecule has 0 saturated heterocycles. The summed E-state index contributed by atoms with van der Waals surface area (Å²) < 4.78 is 43.6. The maximum absolute atomic E-state index is 13.2. The minimum Gasteiger partial charge on any atom is -0.447 e. The van der Waals surface area contributed by atoms with Gasteiger partial charge < -0.3 is 13.9 Å². The predicted molar refractivity (Wildman–Crippen MR) is 111 cm³/mol. The molecule has 1 aliphatic heterocycles. The van der Waals surface area contributed by atoms with Crippen LogP contribution in [0.15, 0.2) is 68.8 Å². The molecule has 0 radical (unpaired) electrons. The van der Waals surface area contributed by atoms with Gasteiger partial charge in [0.1, 0.15) is 5.52 Å². The number of aromatic nitrogens is 1. The normalized spacial score (nSPS) is 15.6. The van der Waals surface area contributed by atoms with Crippen molar-refractivity contribution in [1.82, 2.24) is 4.98 Å². The molecule has 1 atom stereocenters. The molecule has 0 N–H and O–H groups in total. The average molecular weight is 421 g/mol. The van der Waals surface area contributed by atoms with Gasteiger partial charge in [0.2, 0.25) is 9.84 Å². The quantitative estimate of drug-likeness (QED) is 0.460. The first kappa shape index (κ1) is 18.7. The van der Waals surface area contributed by atoms with E-state index in [-0.39, 0.29) is 9.79 Å². The highest BCUT2D eigenvalue weighted by Crippen LogP contribution is 2.42. The van der Waals surface area contributed by atoms with Gasteiger partial charge in [0.25, 0.3) is 6.29 Å². The van der Waals surface area contributed by atoms with Crippen molar-refractivity contribution >= 4 is 20.9 Å². The summed E-state index contributed by atoms with van der Waals surface area (Å²) in [6, 6.07) is 15.3. The van der Waals surface area contributed by atoms with Crippen LogP contribution in [0, 0.1) is 20.8 Å². The summed E-state index contributed by atoms with van der Waals surface area (Å²) in [4.78, 5) is 4.50. The van der Waals surface area contributed by atoms with Gasteiger partial charge in [-0.15, -0.1) is 0 Å². The fraction of sp³-hybridized carbons (Fsp3) is 0.174. The molecule has 6 nitrogen and oxygen atoms in total. The first-order valence-corrected chi connectivity index (χ1v) is 11.0. The van der Waals surface area contributed by atoms with Crippen LogP contribution in [-0.2, 0) is 9.84 Å². The lowest BCUT2D eigenvalue weighted by atomic mass is 10.1. The van der Waals surface area contributed by atoms with Crippen LogP contribution in [0.2, 0.25) is 0 Å². The lowest BCUT2D eigenvalue weighted by Crippen LogP contribution is -2.08. The molecule has 5 rings (SSSR count). The average Bonchev–Trinajstić information content (AvgIpc) is 3.31. The number of rotatable bonds is 3. The molecule has 0 amide bonds. The van der Waals surface area contributed by atoms with Crippen molar-refractivity contribution in [2.24, 2.45) is 0 Å². The molecule has 0 saturated carbocycles. The third kappa shape index (κ3) is 3.02. The molecule has 30 heavy (non-hydrogen) atoms. The summed E-state index contributed by atoms with van der Waals surface area (Å²) in [5, 5.41) is 0. The van der Waals surface area contributed by atoms with E-state index in [0.717, 1.165) is 11.1 Å². The summed E-state index contributed by atoms with van der Waals surface area (Å²) >= 11 is 0. The molecule has 1 unspecified atom stereocenters. The monoisotopic (exact) mass is 421 g/mol. The van der Waals surface area contributed by atoms with Gasteiger partial charge in [-0.3, -0.25) is 0 Å². The van der Waals surface area contributed by atoms with Crippen LogP contribution in [0.3, 0.4) is 0 Å². The maximum Gasteiger partial charge on any atom is 0.267 e. The topological polar surface area (TPSA) is 78.6 Å². The zero-order valence-corrected chi connectivity index (χ0v) is 17.5. The van der Waals surface area contributed by atoms with Gasteiger partial charge in [0, 0.05) is 18.6 Å². The van der Waals surface area contributed by atoms with Crippen LogP contribution in [0.4, 0.5) is 0 Å². The number of hydrogen-bond donors (Lipinski definition) is 0. The minimum atomic E-state index is -3.75. The Balaban J connectivity index is 1.48. The molecule has 152 valence electrons. The fourth-order valence-corrected chi connectivity index (χ4v) is 4.77. The van der Waals surface area contributed by atoms with E-state index in [9.17, 15) is 8.42 Å². The van der Waals surface area contributed by atoms with E-state index in [0.29, 0.717) is 28.5 Å². The van der Waals surface area contributed by atoms with Crippen LogP contribution in [0.25, 0.3) is 11.1 Å². The molecule has 1 aliphatic rings. The fourth-order valence-electron chi connectivity index (χ4n) is 3.47. The molecular weight excluding hydrogens is 402 g/mol. The zero-order chi connectivity index (χ0) is 21.0. The lowest BCUT2D eigenvalue weighted by Gasteiger charge is -2.12. The predicted octanol–water partition coefficient (Wildman–Crippen LogP) is 5.06. The first-order chi connectivity index (χ1) is 14.3. The van der Waals surface area contributed by atoms with Crippen LogP contribution >= 0.6 is 0 Å². The number of sulfone groups is 1. The van der Waals surface area contributed by atoms with Crippen molar-refractivity contribution in [3.63, 3.8) is 0 Å². The number of hydrogen-bond acceptors (Lipinski definition) is 6. The second-order valence-electron chi connectivity index (χ2n) is 7.39. The Hall–Kier alpha value is -3.32. The number of nitrogens with zero attached hydrogens (tertiary/aromatic N) is 1. The summed E-state index contributed by atoms with van der Waals surface area (Å²) in [6.07, 6.45) is -0.605. The van der Waals surface area contributed by atoms with Gasteiger partial charge in [-0.1, -0.05) is 12.1 Å². The lowest BCUT2D eigenvalue weighted by molar-refractivity contribution is 0.0486. The van der Waals surface area contributed by atoms with E-state index in [4.69, 9.17) is 13.9 Å². The number of aryl methyl sites for hydroxylation is 3. The highest BCUT2D eigenvalue weighted by atomic mass is 32.2.